The van der Waals surface area contributed by atoms with Gasteiger partial charge >= 0.3 is 0 Å². The monoisotopic (exact) mass is 386 g/mol. The number of benzene rings is 1. The number of aromatic nitrogens is 3. The van der Waals surface area contributed by atoms with Gasteiger partial charge in [-0.2, -0.15) is 5.10 Å². The first-order chi connectivity index (χ1) is 13.5. The molecular formula is C20H26N4O4. The van der Waals surface area contributed by atoms with Crippen LogP contribution < -0.4 is 0 Å². The van der Waals surface area contributed by atoms with Gasteiger partial charge in [0.2, 0.25) is 5.91 Å². The molecule has 2 heterocycles. The lowest BCUT2D eigenvalue weighted by molar-refractivity contribution is -0.140. The second-order valence-corrected chi connectivity index (χ2v) is 7.20. The lowest BCUT2D eigenvalue weighted by Gasteiger charge is -2.36. The molecule has 1 aromatic heterocycles. The predicted molar refractivity (Wildman–Crippen MR) is 102 cm³/mol. The van der Waals surface area contributed by atoms with Crippen molar-refractivity contribution in [2.24, 2.45) is 5.92 Å². The Bertz CT molecular complexity index is 800. The molecule has 1 saturated carbocycles. The minimum atomic E-state index is -0.250. The minimum absolute atomic E-state index is 0.0360. The van der Waals surface area contributed by atoms with Crippen LogP contribution in [0.5, 0.6) is 0 Å². The number of carboxylic acid groups (broad SMARTS) is 1. The third kappa shape index (κ3) is 4.22. The van der Waals surface area contributed by atoms with Gasteiger partial charge in [-0.1, -0.05) is 30.3 Å². The summed E-state index contributed by atoms with van der Waals surface area (Å²) < 4.78 is 1.93. The third-order valence-corrected chi connectivity index (χ3v) is 5.46. The van der Waals surface area contributed by atoms with E-state index in [1.807, 2.05) is 46.8 Å². The molecule has 0 saturated heterocycles. The quantitative estimate of drug-likeness (QED) is 0.765. The molecule has 2 aromatic rings. The fraction of sp³-hybridized carbons (Fsp3) is 0.500. The molecule has 1 aliphatic heterocycles. The number of carbonyl (C=O) groups excluding carboxylic acids is 1. The van der Waals surface area contributed by atoms with E-state index in [1.165, 1.54) is 0 Å². The SMILES string of the molecule is C[C@H]1c2nc(-c3ccccc3)nn2CCN1C(=O)C1CCC(O)CC1.O=CO. The number of hydrogen-bond acceptors (Lipinski definition) is 5. The number of carbonyl (C=O) groups is 2. The lowest BCUT2D eigenvalue weighted by atomic mass is 9.86. The molecule has 28 heavy (non-hydrogen) atoms. The Morgan fingerprint density at radius 2 is 1.79 bits per heavy atom. The van der Waals surface area contributed by atoms with Crippen molar-refractivity contribution in [3.05, 3.63) is 36.2 Å². The van der Waals surface area contributed by atoms with Gasteiger partial charge in [0.25, 0.3) is 6.47 Å². The molecule has 0 unspecified atom stereocenters. The summed E-state index contributed by atoms with van der Waals surface area (Å²) in [6.45, 7) is 3.13. The standard InChI is InChI=1S/C19H24N4O2.CH2O2/c1-13-18-20-17(14-5-3-2-4-6-14)21-23(18)12-11-22(13)19(25)15-7-9-16(24)10-8-15;2-1-3/h2-6,13,15-16,24H,7-12H2,1H3;1H,(H,2,3)/t13-,15?,16?;/m0./s1. The third-order valence-electron chi connectivity index (χ3n) is 5.46. The Morgan fingerprint density at radius 3 is 2.43 bits per heavy atom. The molecule has 0 bridgehead atoms. The fourth-order valence-corrected chi connectivity index (χ4v) is 3.93. The summed E-state index contributed by atoms with van der Waals surface area (Å²) >= 11 is 0. The molecule has 4 rings (SSSR count). The topological polar surface area (TPSA) is 109 Å². The van der Waals surface area contributed by atoms with Crippen LogP contribution >= 0.6 is 0 Å². The number of hydrogen-bond donors (Lipinski definition) is 2. The van der Waals surface area contributed by atoms with Crippen molar-refractivity contribution in [2.75, 3.05) is 6.54 Å². The maximum Gasteiger partial charge on any atom is 0.290 e. The van der Waals surface area contributed by atoms with Gasteiger partial charge in [0.15, 0.2) is 5.82 Å². The number of rotatable bonds is 2. The molecule has 8 nitrogen and oxygen atoms in total. The van der Waals surface area contributed by atoms with Gasteiger partial charge in [0.05, 0.1) is 18.7 Å². The number of aliphatic hydroxyl groups excluding tert-OH is 1. The Kier molecular flexibility index (Phi) is 6.41. The highest BCUT2D eigenvalue weighted by atomic mass is 16.3. The molecule has 2 aliphatic rings. The Morgan fingerprint density at radius 1 is 1.14 bits per heavy atom. The molecule has 0 spiro atoms. The highest BCUT2D eigenvalue weighted by Crippen LogP contribution is 2.31. The van der Waals surface area contributed by atoms with E-state index in [1.54, 1.807) is 0 Å². The highest BCUT2D eigenvalue weighted by Gasteiger charge is 2.35. The Hall–Kier alpha value is -2.74. The zero-order valence-electron chi connectivity index (χ0n) is 15.9. The number of amides is 1. The summed E-state index contributed by atoms with van der Waals surface area (Å²) in [5, 5.41) is 21.2. The predicted octanol–water partition coefficient (Wildman–Crippen LogP) is 2.10. The highest BCUT2D eigenvalue weighted by molar-refractivity contribution is 5.79. The molecule has 2 N–H and O–H groups in total. The van der Waals surface area contributed by atoms with Gasteiger partial charge in [-0.25, -0.2) is 9.67 Å². The maximum atomic E-state index is 12.9. The molecule has 1 aliphatic carbocycles. The molecule has 150 valence electrons. The van der Waals surface area contributed by atoms with E-state index in [0.29, 0.717) is 13.1 Å². The van der Waals surface area contributed by atoms with Crippen molar-refractivity contribution in [1.29, 1.82) is 0 Å². The second kappa shape index (κ2) is 8.97. The molecular weight excluding hydrogens is 360 g/mol. The van der Waals surface area contributed by atoms with Crippen LogP contribution in [0, 0.1) is 5.92 Å². The maximum absolute atomic E-state index is 12.9. The van der Waals surface area contributed by atoms with Crippen LogP contribution in [0.15, 0.2) is 30.3 Å². The molecule has 1 aromatic carbocycles. The number of aliphatic hydroxyl groups is 1. The summed E-state index contributed by atoms with van der Waals surface area (Å²) in [5.41, 5.74) is 0.996. The lowest BCUT2D eigenvalue weighted by Crippen LogP contribution is -2.45. The summed E-state index contributed by atoms with van der Waals surface area (Å²) in [4.78, 5) is 28.0. The number of nitrogens with zero attached hydrogens (tertiary/aromatic N) is 4. The van der Waals surface area contributed by atoms with Gasteiger partial charge in [-0.3, -0.25) is 9.59 Å². The molecule has 0 radical (unpaired) electrons. The van der Waals surface area contributed by atoms with Crippen molar-refractivity contribution in [2.45, 2.75) is 51.3 Å². The largest absolute Gasteiger partial charge is 0.483 e. The van der Waals surface area contributed by atoms with E-state index in [0.717, 1.165) is 42.9 Å². The van der Waals surface area contributed by atoms with E-state index in [-0.39, 0.29) is 30.4 Å². The zero-order valence-corrected chi connectivity index (χ0v) is 15.9. The van der Waals surface area contributed by atoms with E-state index in [4.69, 9.17) is 14.9 Å². The summed E-state index contributed by atoms with van der Waals surface area (Å²) in [5.74, 6) is 1.82. The van der Waals surface area contributed by atoms with Crippen LogP contribution in [-0.2, 0) is 16.1 Å². The van der Waals surface area contributed by atoms with Crippen molar-refractivity contribution in [3.8, 4) is 11.4 Å². The van der Waals surface area contributed by atoms with Crippen molar-refractivity contribution < 1.29 is 19.8 Å². The fourth-order valence-electron chi connectivity index (χ4n) is 3.93. The van der Waals surface area contributed by atoms with E-state index in [2.05, 4.69) is 5.10 Å². The van der Waals surface area contributed by atoms with E-state index >= 15 is 0 Å². The van der Waals surface area contributed by atoms with Crippen molar-refractivity contribution in [3.63, 3.8) is 0 Å². The van der Waals surface area contributed by atoms with Crippen LogP contribution in [0.2, 0.25) is 0 Å². The van der Waals surface area contributed by atoms with Gasteiger partial charge in [-0.15, -0.1) is 0 Å². The average Bonchev–Trinajstić information content (AvgIpc) is 3.15. The van der Waals surface area contributed by atoms with E-state index < -0.39 is 0 Å². The Balaban J connectivity index is 0.000000706. The van der Waals surface area contributed by atoms with Crippen LogP contribution in [0.3, 0.4) is 0 Å². The molecule has 8 heteroatoms. The van der Waals surface area contributed by atoms with Crippen LogP contribution in [-0.4, -0.2) is 54.9 Å². The van der Waals surface area contributed by atoms with Crippen LogP contribution in [0.25, 0.3) is 11.4 Å². The van der Waals surface area contributed by atoms with Gasteiger partial charge in [0, 0.05) is 18.0 Å². The normalized spacial score (nSPS) is 23.9. The Labute approximate surface area is 163 Å². The first kappa shape index (κ1) is 20.0. The first-order valence-corrected chi connectivity index (χ1v) is 9.61. The second-order valence-electron chi connectivity index (χ2n) is 7.20. The summed E-state index contributed by atoms with van der Waals surface area (Å²) in [6, 6.07) is 9.87. The molecule has 1 fully saturated rings. The van der Waals surface area contributed by atoms with Gasteiger partial charge in [-0.05, 0) is 32.6 Å². The molecule has 1 atom stereocenters. The summed E-state index contributed by atoms with van der Waals surface area (Å²) in [6.07, 6.45) is 2.79. The minimum Gasteiger partial charge on any atom is -0.483 e. The van der Waals surface area contributed by atoms with Crippen LogP contribution in [0.1, 0.15) is 44.5 Å². The van der Waals surface area contributed by atoms with Crippen molar-refractivity contribution in [1.82, 2.24) is 19.7 Å². The smallest absolute Gasteiger partial charge is 0.290 e. The first-order valence-electron chi connectivity index (χ1n) is 9.61. The van der Waals surface area contributed by atoms with Crippen molar-refractivity contribution >= 4 is 12.4 Å². The average molecular weight is 386 g/mol. The molecule has 1 amide bonds. The van der Waals surface area contributed by atoms with E-state index in [9.17, 15) is 9.90 Å². The number of fused-ring (bicyclic) bond motifs is 1. The van der Waals surface area contributed by atoms with Gasteiger partial charge < -0.3 is 15.1 Å². The van der Waals surface area contributed by atoms with Crippen LogP contribution in [0.4, 0.5) is 0 Å². The summed E-state index contributed by atoms with van der Waals surface area (Å²) in [7, 11) is 0. The van der Waals surface area contributed by atoms with Gasteiger partial charge in [0.1, 0.15) is 5.82 Å². The zero-order chi connectivity index (χ0) is 20.1.